The zero-order chi connectivity index (χ0) is 13.7. The monoisotopic (exact) mass is 267 g/mol. The van der Waals surface area contributed by atoms with Crippen LogP contribution in [-0.4, -0.2) is 25.3 Å². The molecule has 2 unspecified atom stereocenters. The van der Waals surface area contributed by atoms with Gasteiger partial charge in [0.1, 0.15) is 0 Å². The molecule has 2 heteroatoms. The van der Waals surface area contributed by atoms with E-state index in [4.69, 9.17) is 4.74 Å². The Morgan fingerprint density at radius 3 is 2.63 bits per heavy atom. The Morgan fingerprint density at radius 1 is 1.26 bits per heavy atom. The lowest BCUT2D eigenvalue weighted by Gasteiger charge is -2.36. The molecule has 1 N–H and O–H groups in total. The lowest BCUT2D eigenvalue weighted by atomic mass is 9.78. The zero-order valence-electron chi connectivity index (χ0n) is 13.2. The minimum absolute atomic E-state index is 0.496. The minimum Gasteiger partial charge on any atom is -0.378 e. The van der Waals surface area contributed by atoms with Crippen LogP contribution in [-0.2, 0) is 4.74 Å². The van der Waals surface area contributed by atoms with Crippen LogP contribution in [0.15, 0.2) is 0 Å². The highest BCUT2D eigenvalue weighted by atomic mass is 16.5. The Morgan fingerprint density at radius 2 is 2.00 bits per heavy atom. The highest BCUT2D eigenvalue weighted by Gasteiger charge is 2.35. The summed E-state index contributed by atoms with van der Waals surface area (Å²) >= 11 is 0. The van der Waals surface area contributed by atoms with Gasteiger partial charge in [-0.1, -0.05) is 33.6 Å². The molecule has 19 heavy (non-hydrogen) atoms. The van der Waals surface area contributed by atoms with Crippen molar-refractivity contribution >= 4 is 0 Å². The zero-order valence-corrected chi connectivity index (χ0v) is 13.2. The summed E-state index contributed by atoms with van der Waals surface area (Å²) in [6.07, 6.45) is 11.3. The largest absolute Gasteiger partial charge is 0.378 e. The Balaban J connectivity index is 1.81. The summed E-state index contributed by atoms with van der Waals surface area (Å²) in [5.74, 6) is 0.831. The first kappa shape index (κ1) is 15.3. The quantitative estimate of drug-likeness (QED) is 0.781. The Bertz CT molecular complexity index is 258. The van der Waals surface area contributed by atoms with Crippen LogP contribution < -0.4 is 5.32 Å². The van der Waals surface area contributed by atoms with Crippen LogP contribution in [0.4, 0.5) is 0 Å². The van der Waals surface area contributed by atoms with E-state index in [1.807, 2.05) is 0 Å². The first-order chi connectivity index (χ1) is 9.13. The SMILES string of the molecule is CCC1CC(NCC2(CC(C)C)CCCC2)CCO1. The van der Waals surface area contributed by atoms with Crippen LogP contribution in [0.25, 0.3) is 0 Å². The highest BCUT2D eigenvalue weighted by Crippen LogP contribution is 2.42. The van der Waals surface area contributed by atoms with Gasteiger partial charge in [-0.3, -0.25) is 0 Å². The van der Waals surface area contributed by atoms with Gasteiger partial charge in [-0.15, -0.1) is 0 Å². The molecule has 2 fully saturated rings. The molecule has 1 saturated heterocycles. The number of hydrogen-bond acceptors (Lipinski definition) is 2. The van der Waals surface area contributed by atoms with E-state index in [-0.39, 0.29) is 0 Å². The fraction of sp³-hybridized carbons (Fsp3) is 1.00. The van der Waals surface area contributed by atoms with Crippen molar-refractivity contribution < 1.29 is 4.74 Å². The summed E-state index contributed by atoms with van der Waals surface area (Å²) in [4.78, 5) is 0. The molecular weight excluding hydrogens is 234 g/mol. The summed E-state index contributed by atoms with van der Waals surface area (Å²) in [7, 11) is 0. The average Bonchev–Trinajstić information content (AvgIpc) is 2.85. The van der Waals surface area contributed by atoms with Gasteiger partial charge < -0.3 is 10.1 Å². The molecule has 1 heterocycles. The summed E-state index contributed by atoms with van der Waals surface area (Å²) in [6.45, 7) is 9.19. The second kappa shape index (κ2) is 7.08. The van der Waals surface area contributed by atoms with Crippen LogP contribution in [0.1, 0.15) is 72.1 Å². The first-order valence-electron chi connectivity index (χ1n) is 8.48. The van der Waals surface area contributed by atoms with Crippen molar-refractivity contribution in [1.82, 2.24) is 5.32 Å². The molecule has 1 aliphatic heterocycles. The summed E-state index contributed by atoms with van der Waals surface area (Å²) in [6, 6.07) is 0.698. The molecule has 0 bridgehead atoms. The molecule has 0 amide bonds. The Kier molecular flexibility index (Phi) is 5.70. The maximum Gasteiger partial charge on any atom is 0.0587 e. The van der Waals surface area contributed by atoms with Gasteiger partial charge >= 0.3 is 0 Å². The van der Waals surface area contributed by atoms with E-state index in [1.54, 1.807) is 0 Å². The number of rotatable bonds is 6. The second-order valence-corrected chi connectivity index (χ2v) is 7.31. The lowest BCUT2D eigenvalue weighted by Crippen LogP contribution is -2.44. The molecule has 0 aromatic rings. The van der Waals surface area contributed by atoms with Crippen molar-refractivity contribution in [1.29, 1.82) is 0 Å². The molecule has 2 rings (SSSR count). The van der Waals surface area contributed by atoms with Crippen molar-refractivity contribution in [2.45, 2.75) is 84.3 Å². The third-order valence-electron chi connectivity index (χ3n) is 5.09. The van der Waals surface area contributed by atoms with Crippen molar-refractivity contribution in [3.63, 3.8) is 0 Å². The fourth-order valence-electron chi connectivity index (χ4n) is 4.16. The van der Waals surface area contributed by atoms with Gasteiger partial charge in [-0.25, -0.2) is 0 Å². The van der Waals surface area contributed by atoms with E-state index in [0.717, 1.165) is 18.9 Å². The van der Waals surface area contributed by atoms with Gasteiger partial charge in [-0.2, -0.15) is 0 Å². The van der Waals surface area contributed by atoms with Crippen LogP contribution in [0.2, 0.25) is 0 Å². The maximum atomic E-state index is 5.78. The van der Waals surface area contributed by atoms with Crippen molar-refractivity contribution in [2.75, 3.05) is 13.2 Å². The third kappa shape index (κ3) is 4.46. The van der Waals surface area contributed by atoms with Crippen LogP contribution in [0, 0.1) is 11.3 Å². The van der Waals surface area contributed by atoms with Crippen molar-refractivity contribution in [3.8, 4) is 0 Å². The minimum atomic E-state index is 0.496. The predicted octanol–water partition coefficient (Wildman–Crippen LogP) is 4.14. The number of hydrogen-bond donors (Lipinski definition) is 1. The Labute approximate surface area is 119 Å². The molecule has 1 saturated carbocycles. The molecule has 112 valence electrons. The van der Waals surface area contributed by atoms with E-state index in [0.29, 0.717) is 17.6 Å². The fourth-order valence-corrected chi connectivity index (χ4v) is 4.16. The van der Waals surface area contributed by atoms with Gasteiger partial charge in [0.15, 0.2) is 0 Å². The highest BCUT2D eigenvalue weighted by molar-refractivity contribution is 4.89. The van der Waals surface area contributed by atoms with Gasteiger partial charge in [0.25, 0.3) is 0 Å². The standard InChI is InChI=1S/C17H33NO/c1-4-16-11-15(7-10-19-16)18-13-17(12-14(2)3)8-5-6-9-17/h14-16,18H,4-13H2,1-3H3. The number of ether oxygens (including phenoxy) is 1. The lowest BCUT2D eigenvalue weighted by molar-refractivity contribution is -0.00227. The molecule has 1 aliphatic carbocycles. The second-order valence-electron chi connectivity index (χ2n) is 7.31. The molecule has 2 aliphatic rings. The molecule has 0 radical (unpaired) electrons. The van der Waals surface area contributed by atoms with Crippen LogP contribution >= 0.6 is 0 Å². The third-order valence-corrected chi connectivity index (χ3v) is 5.09. The summed E-state index contributed by atoms with van der Waals surface area (Å²) < 4.78 is 5.78. The molecular formula is C17H33NO. The van der Waals surface area contributed by atoms with E-state index in [9.17, 15) is 0 Å². The van der Waals surface area contributed by atoms with Gasteiger partial charge in [-0.05, 0) is 49.9 Å². The predicted molar refractivity (Wildman–Crippen MR) is 81.4 cm³/mol. The molecule has 0 spiro atoms. The van der Waals surface area contributed by atoms with E-state index >= 15 is 0 Å². The Hall–Kier alpha value is -0.0800. The van der Waals surface area contributed by atoms with Gasteiger partial charge in [0.05, 0.1) is 6.10 Å². The van der Waals surface area contributed by atoms with E-state index < -0.39 is 0 Å². The topological polar surface area (TPSA) is 21.3 Å². The average molecular weight is 267 g/mol. The first-order valence-corrected chi connectivity index (χ1v) is 8.48. The molecule has 2 atom stereocenters. The normalized spacial score (nSPS) is 30.9. The van der Waals surface area contributed by atoms with Crippen LogP contribution in [0.3, 0.4) is 0 Å². The summed E-state index contributed by atoms with van der Waals surface area (Å²) in [5, 5.41) is 3.89. The van der Waals surface area contributed by atoms with E-state index in [2.05, 4.69) is 26.1 Å². The molecule has 0 aromatic carbocycles. The summed E-state index contributed by atoms with van der Waals surface area (Å²) in [5.41, 5.74) is 0.605. The molecule has 0 aromatic heterocycles. The number of nitrogens with one attached hydrogen (secondary N) is 1. The van der Waals surface area contributed by atoms with Gasteiger partial charge in [0, 0.05) is 19.2 Å². The van der Waals surface area contributed by atoms with E-state index in [1.165, 1.54) is 51.5 Å². The molecule has 2 nitrogen and oxygen atoms in total. The van der Waals surface area contributed by atoms with Crippen molar-refractivity contribution in [2.24, 2.45) is 11.3 Å². The maximum absolute atomic E-state index is 5.78. The van der Waals surface area contributed by atoms with Gasteiger partial charge in [0.2, 0.25) is 0 Å². The van der Waals surface area contributed by atoms with Crippen LogP contribution in [0.5, 0.6) is 0 Å². The smallest absolute Gasteiger partial charge is 0.0587 e. The van der Waals surface area contributed by atoms with Crippen molar-refractivity contribution in [3.05, 3.63) is 0 Å².